The van der Waals surface area contributed by atoms with Crippen molar-refractivity contribution in [1.82, 2.24) is 0 Å². The van der Waals surface area contributed by atoms with E-state index in [0.29, 0.717) is 6.61 Å². The molecule has 2 nitrogen and oxygen atoms in total. The number of fused-ring (bicyclic) bond motifs is 1. The van der Waals surface area contributed by atoms with Gasteiger partial charge in [-0.3, -0.25) is 0 Å². The summed E-state index contributed by atoms with van der Waals surface area (Å²) in [6, 6.07) is 0. The molecule has 3 heteroatoms. The van der Waals surface area contributed by atoms with Gasteiger partial charge in [-0.1, -0.05) is 11.8 Å². The van der Waals surface area contributed by atoms with E-state index in [4.69, 9.17) is 21.1 Å². The molecular formula is C13H9ClO2. The Balaban J connectivity index is 1.94. The Morgan fingerprint density at radius 1 is 1.31 bits per heavy atom. The quantitative estimate of drug-likeness (QED) is 0.357. The Morgan fingerprint density at radius 2 is 2.12 bits per heavy atom. The van der Waals surface area contributed by atoms with Crippen LogP contribution in [0.2, 0.25) is 0 Å². The molecule has 2 aliphatic rings. The first-order valence-electron chi connectivity index (χ1n) is 4.87. The van der Waals surface area contributed by atoms with Crippen molar-refractivity contribution in [3.8, 4) is 35.5 Å². The second-order valence-electron chi connectivity index (χ2n) is 3.29. The fraction of sp³-hybridized carbons (Fsp3) is 0.385. The van der Waals surface area contributed by atoms with Gasteiger partial charge in [0.15, 0.2) is 0 Å². The summed E-state index contributed by atoms with van der Waals surface area (Å²) in [5.41, 5.74) is 0. The second kappa shape index (κ2) is 5.00. The van der Waals surface area contributed by atoms with E-state index in [-0.39, 0.29) is 17.6 Å². The van der Waals surface area contributed by atoms with Crippen LogP contribution in [0.15, 0.2) is 11.8 Å². The molecule has 2 heterocycles. The van der Waals surface area contributed by atoms with Gasteiger partial charge in [0.05, 0.1) is 5.38 Å². The minimum absolute atomic E-state index is 0.00561. The van der Waals surface area contributed by atoms with Gasteiger partial charge in [0.1, 0.15) is 24.6 Å². The van der Waals surface area contributed by atoms with Crippen molar-refractivity contribution in [2.45, 2.75) is 24.5 Å². The summed E-state index contributed by atoms with van der Waals surface area (Å²) in [4.78, 5) is 0. The van der Waals surface area contributed by atoms with E-state index in [1.54, 1.807) is 13.0 Å². The van der Waals surface area contributed by atoms with Crippen LogP contribution in [0, 0.1) is 35.5 Å². The van der Waals surface area contributed by atoms with Crippen molar-refractivity contribution in [1.29, 1.82) is 0 Å². The topological polar surface area (TPSA) is 21.8 Å². The molecule has 2 rings (SSSR count). The van der Waals surface area contributed by atoms with E-state index in [0.717, 1.165) is 5.76 Å². The largest absolute Gasteiger partial charge is 0.493 e. The van der Waals surface area contributed by atoms with Crippen LogP contribution in [-0.2, 0) is 9.47 Å². The highest BCUT2D eigenvalue weighted by Gasteiger charge is 2.51. The molecule has 0 amide bonds. The number of alkyl halides is 1. The smallest absolute Gasteiger partial charge is 0.143 e. The van der Waals surface area contributed by atoms with Gasteiger partial charge in [0.2, 0.25) is 0 Å². The molecule has 0 N–H and O–H groups in total. The average molecular weight is 233 g/mol. The predicted molar refractivity (Wildman–Crippen MR) is 61.3 cm³/mol. The molecule has 0 aliphatic carbocycles. The maximum Gasteiger partial charge on any atom is 0.143 e. The Kier molecular flexibility index (Phi) is 3.43. The Labute approximate surface area is 99.9 Å². The molecule has 3 atom stereocenters. The lowest BCUT2D eigenvalue weighted by atomic mass is 10.1. The maximum absolute atomic E-state index is 5.94. The van der Waals surface area contributed by atoms with Gasteiger partial charge in [0, 0.05) is 6.08 Å². The molecule has 2 saturated heterocycles. The van der Waals surface area contributed by atoms with Gasteiger partial charge < -0.3 is 9.47 Å². The first-order chi connectivity index (χ1) is 7.83. The molecule has 0 spiro atoms. The van der Waals surface area contributed by atoms with Crippen LogP contribution in [0.1, 0.15) is 6.92 Å². The first kappa shape index (κ1) is 11.0. The normalized spacial score (nSPS) is 31.6. The van der Waals surface area contributed by atoms with Gasteiger partial charge in [-0.25, -0.2) is 0 Å². The predicted octanol–water partition coefficient (Wildman–Crippen LogP) is 1.31. The van der Waals surface area contributed by atoms with E-state index in [2.05, 4.69) is 35.5 Å². The van der Waals surface area contributed by atoms with Crippen LogP contribution in [0.5, 0.6) is 0 Å². The van der Waals surface area contributed by atoms with Crippen LogP contribution in [0.3, 0.4) is 0 Å². The van der Waals surface area contributed by atoms with E-state index in [1.807, 2.05) is 0 Å². The third-order valence-corrected chi connectivity index (χ3v) is 2.55. The zero-order valence-electron chi connectivity index (χ0n) is 8.71. The molecule has 0 bridgehead atoms. The van der Waals surface area contributed by atoms with Gasteiger partial charge in [-0.2, -0.15) is 0 Å². The van der Waals surface area contributed by atoms with Crippen LogP contribution >= 0.6 is 11.6 Å². The van der Waals surface area contributed by atoms with Crippen molar-refractivity contribution < 1.29 is 9.47 Å². The zero-order valence-corrected chi connectivity index (χ0v) is 9.47. The minimum atomic E-state index is -0.0465. The molecule has 0 aromatic carbocycles. The third kappa shape index (κ3) is 2.53. The summed E-state index contributed by atoms with van der Waals surface area (Å²) in [7, 11) is 0. The number of hydrogen-bond acceptors (Lipinski definition) is 2. The summed E-state index contributed by atoms with van der Waals surface area (Å²) in [6.07, 6.45) is 1.77. The summed E-state index contributed by atoms with van der Waals surface area (Å²) in [5, 5.41) is -0.0465. The van der Waals surface area contributed by atoms with Crippen molar-refractivity contribution in [2.75, 3.05) is 6.61 Å². The third-order valence-electron chi connectivity index (χ3n) is 2.17. The molecule has 16 heavy (non-hydrogen) atoms. The van der Waals surface area contributed by atoms with Crippen LogP contribution in [0.4, 0.5) is 0 Å². The molecular weight excluding hydrogens is 224 g/mol. The summed E-state index contributed by atoms with van der Waals surface area (Å²) in [6.45, 7) is 2.20. The lowest BCUT2D eigenvalue weighted by molar-refractivity contribution is 0.185. The monoisotopic (exact) mass is 232 g/mol. The van der Waals surface area contributed by atoms with Gasteiger partial charge in [-0.15, -0.1) is 11.6 Å². The SMILES string of the molecule is CC#CC#CC#C/C=C1/OC[C@@H](Cl)[C@@H]2O[C@H]12. The van der Waals surface area contributed by atoms with E-state index >= 15 is 0 Å². The van der Waals surface area contributed by atoms with Crippen molar-refractivity contribution in [3.05, 3.63) is 11.8 Å². The maximum atomic E-state index is 5.94. The molecule has 0 unspecified atom stereocenters. The second-order valence-corrected chi connectivity index (χ2v) is 3.85. The highest BCUT2D eigenvalue weighted by molar-refractivity contribution is 6.21. The van der Waals surface area contributed by atoms with Crippen molar-refractivity contribution >= 4 is 11.6 Å². The number of hydrogen-bond donors (Lipinski definition) is 0. The van der Waals surface area contributed by atoms with Crippen molar-refractivity contribution in [3.63, 3.8) is 0 Å². The number of rotatable bonds is 0. The van der Waals surface area contributed by atoms with E-state index in [1.165, 1.54) is 0 Å². The fourth-order valence-electron chi connectivity index (χ4n) is 1.37. The van der Waals surface area contributed by atoms with Gasteiger partial charge in [0.25, 0.3) is 0 Å². The highest BCUT2D eigenvalue weighted by atomic mass is 35.5. The Bertz CT molecular complexity index is 487. The lowest BCUT2D eigenvalue weighted by Gasteiger charge is -2.15. The Morgan fingerprint density at radius 3 is 2.94 bits per heavy atom. The van der Waals surface area contributed by atoms with Crippen LogP contribution < -0.4 is 0 Å². The molecule has 0 aromatic heterocycles. The zero-order chi connectivity index (χ0) is 11.4. The number of ether oxygens (including phenoxy) is 2. The first-order valence-corrected chi connectivity index (χ1v) is 5.31. The van der Waals surface area contributed by atoms with E-state index < -0.39 is 0 Å². The van der Waals surface area contributed by atoms with E-state index in [9.17, 15) is 0 Å². The van der Waals surface area contributed by atoms with Gasteiger partial charge >= 0.3 is 0 Å². The highest BCUT2D eigenvalue weighted by Crippen LogP contribution is 2.38. The molecule has 0 saturated carbocycles. The summed E-state index contributed by atoms with van der Waals surface area (Å²) in [5.74, 6) is 16.7. The minimum Gasteiger partial charge on any atom is -0.493 e. The molecule has 80 valence electrons. The standard InChI is InChI=1S/C13H9ClO2/c1-2-3-4-5-6-7-8-11-13-12(16-13)10(14)9-15-11/h8,10,12-13H,9H2,1H3/b11-8+/t10-,12+,13-/m1/s1. The summed E-state index contributed by atoms with van der Waals surface area (Å²) >= 11 is 5.94. The summed E-state index contributed by atoms with van der Waals surface area (Å²) < 4.78 is 10.7. The fourth-order valence-corrected chi connectivity index (χ4v) is 1.63. The molecule has 0 aromatic rings. The number of halogens is 1. The molecule has 2 aliphatic heterocycles. The van der Waals surface area contributed by atoms with Gasteiger partial charge in [-0.05, 0) is 30.6 Å². The average Bonchev–Trinajstić information content (AvgIpc) is 3.07. The number of allylic oxidation sites excluding steroid dienone is 1. The number of epoxide rings is 1. The Hall–Kier alpha value is -1.53. The molecule has 0 radical (unpaired) electrons. The lowest BCUT2D eigenvalue weighted by Crippen LogP contribution is -2.24. The van der Waals surface area contributed by atoms with Crippen LogP contribution in [0.25, 0.3) is 0 Å². The molecule has 2 fully saturated rings. The van der Waals surface area contributed by atoms with Crippen molar-refractivity contribution in [2.24, 2.45) is 0 Å². The van der Waals surface area contributed by atoms with Crippen LogP contribution in [-0.4, -0.2) is 24.2 Å².